The van der Waals surface area contributed by atoms with Crippen molar-refractivity contribution in [1.29, 1.82) is 0 Å². The monoisotopic (exact) mass is 477 g/mol. The largest absolute Gasteiger partial charge is 0.481 e. The first-order valence-corrected chi connectivity index (χ1v) is 11.6. The van der Waals surface area contributed by atoms with Crippen LogP contribution in [0.15, 0.2) is 65.6 Å². The quantitative estimate of drug-likeness (QED) is 0.513. The van der Waals surface area contributed by atoms with Gasteiger partial charge in [-0.2, -0.15) is 0 Å². The van der Waals surface area contributed by atoms with Gasteiger partial charge >= 0.3 is 5.97 Å². The smallest absolute Gasteiger partial charge is 0.303 e. The number of carbonyl (C=O) groups is 1. The minimum atomic E-state index is -4.04. The van der Waals surface area contributed by atoms with Crippen LogP contribution < -0.4 is 4.31 Å². The maximum Gasteiger partial charge on any atom is 0.303 e. The standard InChI is InChI=1S/C23H18ClF2NO4S/c24-16-5-8-22-20(11-16)15(4-9-23(28)29)13-27(22)32(30,31)18-3-1-2-14(10-18)19-7-6-17(25)12-21(19)26/h1-3,5-8,10-12,15H,4,9,13H2,(H,28,29). The van der Waals surface area contributed by atoms with Gasteiger partial charge in [-0.05, 0) is 60.0 Å². The average Bonchev–Trinajstić information content (AvgIpc) is 3.11. The molecule has 9 heteroatoms. The Labute approximate surface area is 188 Å². The molecule has 0 aromatic heterocycles. The zero-order chi connectivity index (χ0) is 23.0. The molecule has 0 spiro atoms. The maximum atomic E-state index is 14.2. The topological polar surface area (TPSA) is 74.7 Å². The zero-order valence-corrected chi connectivity index (χ0v) is 18.2. The van der Waals surface area contributed by atoms with E-state index in [0.717, 1.165) is 12.1 Å². The molecule has 0 radical (unpaired) electrons. The molecule has 0 aliphatic carbocycles. The van der Waals surface area contributed by atoms with Crippen LogP contribution in [0.5, 0.6) is 0 Å². The predicted molar refractivity (Wildman–Crippen MR) is 117 cm³/mol. The van der Waals surface area contributed by atoms with E-state index in [2.05, 4.69) is 0 Å². The fraction of sp³-hybridized carbons (Fsp3) is 0.174. The van der Waals surface area contributed by atoms with E-state index in [1.54, 1.807) is 24.3 Å². The Hall–Kier alpha value is -2.97. The van der Waals surface area contributed by atoms with Crippen molar-refractivity contribution in [2.45, 2.75) is 23.7 Å². The van der Waals surface area contributed by atoms with Crippen LogP contribution in [0, 0.1) is 11.6 Å². The molecular formula is C23H18ClF2NO4S. The number of rotatable bonds is 6. The molecule has 0 saturated heterocycles. The van der Waals surface area contributed by atoms with Gasteiger partial charge in [0, 0.05) is 35.5 Å². The second-order valence-electron chi connectivity index (χ2n) is 7.52. The summed E-state index contributed by atoms with van der Waals surface area (Å²) in [6, 6.07) is 13.7. The van der Waals surface area contributed by atoms with Crippen LogP contribution in [0.1, 0.15) is 24.3 Å². The predicted octanol–water partition coefficient (Wildman–Crippen LogP) is 5.44. The van der Waals surface area contributed by atoms with Crippen LogP contribution >= 0.6 is 11.6 Å². The molecule has 1 atom stereocenters. The van der Waals surface area contributed by atoms with Crippen LogP contribution in [0.25, 0.3) is 11.1 Å². The van der Waals surface area contributed by atoms with Crippen molar-refractivity contribution in [3.63, 3.8) is 0 Å². The van der Waals surface area contributed by atoms with Crippen molar-refractivity contribution in [3.8, 4) is 11.1 Å². The number of carboxylic acid groups (broad SMARTS) is 1. The molecule has 32 heavy (non-hydrogen) atoms. The van der Waals surface area contributed by atoms with E-state index in [4.69, 9.17) is 16.7 Å². The molecule has 1 N–H and O–H groups in total. The van der Waals surface area contributed by atoms with Gasteiger partial charge in [-0.25, -0.2) is 17.2 Å². The summed E-state index contributed by atoms with van der Waals surface area (Å²) in [6.07, 6.45) is 0.152. The SMILES string of the molecule is O=C(O)CCC1CN(S(=O)(=O)c2cccc(-c3ccc(F)cc3F)c2)c2ccc(Cl)cc21. The number of carboxylic acids is 1. The molecule has 0 saturated carbocycles. The van der Waals surface area contributed by atoms with Crippen molar-refractivity contribution in [2.75, 3.05) is 10.8 Å². The highest BCUT2D eigenvalue weighted by Crippen LogP contribution is 2.43. The van der Waals surface area contributed by atoms with E-state index in [-0.39, 0.29) is 35.8 Å². The van der Waals surface area contributed by atoms with Gasteiger partial charge in [0.15, 0.2) is 0 Å². The lowest BCUT2D eigenvalue weighted by Gasteiger charge is -2.20. The van der Waals surface area contributed by atoms with Crippen molar-refractivity contribution in [3.05, 3.63) is 82.9 Å². The van der Waals surface area contributed by atoms with Gasteiger partial charge in [0.2, 0.25) is 0 Å². The minimum absolute atomic E-state index is 0.0569. The van der Waals surface area contributed by atoms with Crippen LogP contribution in [0.2, 0.25) is 5.02 Å². The first-order chi connectivity index (χ1) is 15.2. The summed E-state index contributed by atoms with van der Waals surface area (Å²) in [7, 11) is -4.04. The third kappa shape index (κ3) is 4.20. The highest BCUT2D eigenvalue weighted by molar-refractivity contribution is 7.92. The fourth-order valence-electron chi connectivity index (χ4n) is 3.92. The number of hydrogen-bond donors (Lipinski definition) is 1. The Morgan fingerprint density at radius 1 is 1.09 bits per heavy atom. The van der Waals surface area contributed by atoms with Gasteiger partial charge in [-0.1, -0.05) is 23.7 Å². The van der Waals surface area contributed by atoms with Crippen molar-refractivity contribution < 1.29 is 27.1 Å². The summed E-state index contributed by atoms with van der Waals surface area (Å²) in [6.45, 7) is 0.0699. The summed E-state index contributed by atoms with van der Waals surface area (Å²) in [5.41, 5.74) is 1.48. The Bertz CT molecular complexity index is 1310. The maximum absolute atomic E-state index is 14.2. The van der Waals surface area contributed by atoms with E-state index in [0.29, 0.717) is 21.8 Å². The number of benzene rings is 3. The normalized spacial score (nSPS) is 15.6. The second-order valence-corrected chi connectivity index (χ2v) is 9.82. The molecule has 1 unspecified atom stereocenters. The van der Waals surface area contributed by atoms with Crippen LogP contribution in [-0.2, 0) is 14.8 Å². The number of anilines is 1. The molecule has 3 aromatic carbocycles. The number of fused-ring (bicyclic) bond motifs is 1. The fourth-order valence-corrected chi connectivity index (χ4v) is 5.69. The highest BCUT2D eigenvalue weighted by atomic mass is 35.5. The van der Waals surface area contributed by atoms with Gasteiger partial charge in [0.1, 0.15) is 11.6 Å². The summed E-state index contributed by atoms with van der Waals surface area (Å²) in [4.78, 5) is 11.0. The first kappa shape index (κ1) is 22.2. The Balaban J connectivity index is 1.73. The Kier molecular flexibility index (Phi) is 5.92. The lowest BCUT2D eigenvalue weighted by molar-refractivity contribution is -0.137. The summed E-state index contributed by atoms with van der Waals surface area (Å²) < 4.78 is 55.8. The summed E-state index contributed by atoms with van der Waals surface area (Å²) >= 11 is 6.10. The van der Waals surface area contributed by atoms with Crippen molar-refractivity contribution >= 4 is 33.3 Å². The molecule has 3 aromatic rings. The van der Waals surface area contributed by atoms with Gasteiger partial charge < -0.3 is 5.11 Å². The van der Waals surface area contributed by atoms with Crippen LogP contribution in [0.4, 0.5) is 14.5 Å². The van der Waals surface area contributed by atoms with E-state index in [1.165, 1.54) is 28.6 Å². The Morgan fingerprint density at radius 2 is 1.88 bits per heavy atom. The van der Waals surface area contributed by atoms with Crippen molar-refractivity contribution in [2.24, 2.45) is 0 Å². The lowest BCUT2D eigenvalue weighted by atomic mass is 9.96. The minimum Gasteiger partial charge on any atom is -0.481 e. The van der Waals surface area contributed by atoms with Gasteiger partial charge in [0.25, 0.3) is 10.0 Å². The Morgan fingerprint density at radius 3 is 2.59 bits per heavy atom. The molecule has 1 aliphatic rings. The highest BCUT2D eigenvalue weighted by Gasteiger charge is 2.37. The third-order valence-electron chi connectivity index (χ3n) is 5.46. The molecular weight excluding hydrogens is 460 g/mol. The van der Waals surface area contributed by atoms with E-state index in [9.17, 15) is 22.0 Å². The zero-order valence-electron chi connectivity index (χ0n) is 16.6. The summed E-state index contributed by atoms with van der Waals surface area (Å²) in [5, 5.41) is 9.47. The van der Waals surface area contributed by atoms with E-state index < -0.39 is 27.6 Å². The second kappa shape index (κ2) is 8.52. The van der Waals surface area contributed by atoms with Gasteiger partial charge in [0.05, 0.1) is 10.6 Å². The lowest BCUT2D eigenvalue weighted by Crippen LogP contribution is -2.30. The molecule has 4 rings (SSSR count). The molecule has 0 amide bonds. The molecule has 1 heterocycles. The van der Waals surface area contributed by atoms with E-state index >= 15 is 0 Å². The van der Waals surface area contributed by atoms with Gasteiger partial charge in [-0.15, -0.1) is 0 Å². The van der Waals surface area contributed by atoms with Crippen LogP contribution in [-0.4, -0.2) is 26.0 Å². The van der Waals surface area contributed by atoms with Gasteiger partial charge in [-0.3, -0.25) is 9.10 Å². The molecule has 5 nitrogen and oxygen atoms in total. The number of halogens is 3. The van der Waals surface area contributed by atoms with Crippen LogP contribution in [0.3, 0.4) is 0 Å². The van der Waals surface area contributed by atoms with Crippen molar-refractivity contribution in [1.82, 2.24) is 0 Å². The number of sulfonamides is 1. The average molecular weight is 478 g/mol. The third-order valence-corrected chi connectivity index (χ3v) is 7.47. The molecule has 1 aliphatic heterocycles. The summed E-state index contributed by atoms with van der Waals surface area (Å²) in [5.74, 6) is -2.82. The number of aliphatic carboxylic acids is 1. The molecule has 0 fully saturated rings. The first-order valence-electron chi connectivity index (χ1n) is 9.76. The number of nitrogens with zero attached hydrogens (tertiary/aromatic N) is 1. The molecule has 0 bridgehead atoms. The molecule has 166 valence electrons. The van der Waals surface area contributed by atoms with E-state index in [1.807, 2.05) is 0 Å². The number of hydrogen-bond acceptors (Lipinski definition) is 3.